The maximum atomic E-state index is 10.9. The number of aromatic carboxylic acids is 1. The normalized spacial score (nSPS) is 10.1. The van der Waals surface area contributed by atoms with E-state index in [0.717, 1.165) is 22.6 Å². The molecule has 0 saturated heterocycles. The number of benzene rings is 1. The van der Waals surface area contributed by atoms with Gasteiger partial charge in [-0.25, -0.2) is 9.78 Å². The molecule has 2 N–H and O–H groups in total. The summed E-state index contributed by atoms with van der Waals surface area (Å²) in [6.07, 6.45) is 1.78. The molecule has 2 aromatic rings. The van der Waals surface area contributed by atoms with E-state index in [-0.39, 0.29) is 0 Å². The van der Waals surface area contributed by atoms with Crippen LogP contribution in [0.5, 0.6) is 0 Å². The molecule has 4 heteroatoms. The molecular formula is C14H14N2O2. The van der Waals surface area contributed by atoms with Gasteiger partial charge in [0.2, 0.25) is 0 Å². The highest BCUT2D eigenvalue weighted by Crippen LogP contribution is 2.18. The van der Waals surface area contributed by atoms with Gasteiger partial charge in [0.1, 0.15) is 5.82 Å². The third-order valence-corrected chi connectivity index (χ3v) is 2.64. The summed E-state index contributed by atoms with van der Waals surface area (Å²) in [4.78, 5) is 15.1. The molecule has 0 fully saturated rings. The number of carbonyl (C=O) groups is 1. The molecule has 0 unspecified atom stereocenters. The lowest BCUT2D eigenvalue weighted by molar-refractivity contribution is 0.0696. The third-order valence-electron chi connectivity index (χ3n) is 2.64. The number of hydrogen-bond acceptors (Lipinski definition) is 3. The Hall–Kier alpha value is -2.36. The van der Waals surface area contributed by atoms with Crippen LogP contribution < -0.4 is 5.32 Å². The first-order chi connectivity index (χ1) is 8.56. The molecule has 0 atom stereocenters. The first kappa shape index (κ1) is 12.1. The number of nitrogens with zero attached hydrogens (tertiary/aromatic N) is 1. The van der Waals surface area contributed by atoms with E-state index in [4.69, 9.17) is 5.11 Å². The van der Waals surface area contributed by atoms with Gasteiger partial charge in [-0.2, -0.15) is 0 Å². The summed E-state index contributed by atoms with van der Waals surface area (Å²) in [6, 6.07) is 8.97. The highest BCUT2D eigenvalue weighted by molar-refractivity contribution is 5.90. The van der Waals surface area contributed by atoms with Crippen molar-refractivity contribution in [1.82, 2.24) is 4.98 Å². The second-order valence-electron chi connectivity index (χ2n) is 4.18. The zero-order valence-electron chi connectivity index (χ0n) is 10.3. The molecule has 0 aliphatic heterocycles. The lowest BCUT2D eigenvalue weighted by Crippen LogP contribution is -2.01. The van der Waals surface area contributed by atoms with Crippen molar-refractivity contribution in [1.29, 1.82) is 0 Å². The predicted molar refractivity (Wildman–Crippen MR) is 70.4 cm³/mol. The molecule has 0 aliphatic carbocycles. The van der Waals surface area contributed by atoms with Crippen LogP contribution in [0.25, 0.3) is 0 Å². The van der Waals surface area contributed by atoms with E-state index in [1.807, 2.05) is 19.1 Å². The zero-order chi connectivity index (χ0) is 13.1. The predicted octanol–water partition coefficient (Wildman–Crippen LogP) is 3.14. The number of anilines is 2. The number of aryl methyl sites for hydroxylation is 2. The molecule has 0 saturated carbocycles. The second-order valence-corrected chi connectivity index (χ2v) is 4.18. The number of nitrogens with one attached hydrogen (secondary N) is 1. The highest BCUT2D eigenvalue weighted by atomic mass is 16.4. The maximum absolute atomic E-state index is 10.9. The van der Waals surface area contributed by atoms with Gasteiger partial charge >= 0.3 is 5.97 Å². The first-order valence-corrected chi connectivity index (χ1v) is 5.60. The molecule has 1 heterocycles. The summed E-state index contributed by atoms with van der Waals surface area (Å²) in [6.45, 7) is 3.75. The van der Waals surface area contributed by atoms with Gasteiger partial charge in [0.15, 0.2) is 0 Å². The van der Waals surface area contributed by atoms with Crippen LogP contribution in [-0.2, 0) is 0 Å². The van der Waals surface area contributed by atoms with Crippen molar-refractivity contribution in [2.45, 2.75) is 13.8 Å². The Morgan fingerprint density at radius 1 is 1.22 bits per heavy atom. The van der Waals surface area contributed by atoms with E-state index in [1.54, 1.807) is 31.3 Å². The molecule has 18 heavy (non-hydrogen) atoms. The summed E-state index contributed by atoms with van der Waals surface area (Å²) < 4.78 is 0. The van der Waals surface area contributed by atoms with E-state index in [9.17, 15) is 4.79 Å². The number of carboxylic acids is 1. The molecule has 0 aliphatic rings. The molecular weight excluding hydrogens is 228 g/mol. The van der Waals surface area contributed by atoms with E-state index in [1.165, 1.54) is 0 Å². The van der Waals surface area contributed by atoms with Gasteiger partial charge in [-0.15, -0.1) is 0 Å². The third kappa shape index (κ3) is 2.66. The van der Waals surface area contributed by atoms with Crippen LogP contribution in [0, 0.1) is 13.8 Å². The van der Waals surface area contributed by atoms with Crippen LogP contribution >= 0.6 is 0 Å². The molecule has 1 aromatic heterocycles. The Kier molecular flexibility index (Phi) is 3.28. The van der Waals surface area contributed by atoms with Crippen LogP contribution in [0.3, 0.4) is 0 Å². The van der Waals surface area contributed by atoms with Crippen LogP contribution in [0.15, 0.2) is 36.5 Å². The van der Waals surface area contributed by atoms with Gasteiger partial charge in [0, 0.05) is 11.9 Å². The fraction of sp³-hybridized carbons (Fsp3) is 0.143. The average molecular weight is 242 g/mol. The Labute approximate surface area is 105 Å². The molecule has 0 bridgehead atoms. The minimum atomic E-state index is -0.910. The van der Waals surface area contributed by atoms with E-state index < -0.39 is 5.97 Å². The average Bonchev–Trinajstić information content (AvgIpc) is 2.32. The van der Waals surface area contributed by atoms with Gasteiger partial charge in [-0.1, -0.05) is 6.07 Å². The van der Waals surface area contributed by atoms with Crippen molar-refractivity contribution in [3.05, 3.63) is 53.2 Å². The molecule has 1 aromatic carbocycles. The molecule has 2 rings (SSSR count). The molecule has 0 amide bonds. The van der Waals surface area contributed by atoms with Crippen LogP contribution in [0.2, 0.25) is 0 Å². The van der Waals surface area contributed by atoms with Crippen molar-refractivity contribution >= 4 is 17.5 Å². The van der Waals surface area contributed by atoms with Crippen LogP contribution in [0.4, 0.5) is 11.5 Å². The molecule has 92 valence electrons. The number of hydrogen-bond donors (Lipinski definition) is 2. The Morgan fingerprint density at radius 2 is 2.00 bits per heavy atom. The summed E-state index contributed by atoms with van der Waals surface area (Å²) >= 11 is 0. The smallest absolute Gasteiger partial charge is 0.335 e. The first-order valence-electron chi connectivity index (χ1n) is 5.60. The van der Waals surface area contributed by atoms with Crippen LogP contribution in [0.1, 0.15) is 21.5 Å². The minimum Gasteiger partial charge on any atom is -0.478 e. The van der Waals surface area contributed by atoms with Gasteiger partial charge < -0.3 is 10.4 Å². The number of pyridine rings is 1. The summed E-state index contributed by atoms with van der Waals surface area (Å²) in [5.41, 5.74) is 2.96. The van der Waals surface area contributed by atoms with Gasteiger partial charge in [-0.05, 0) is 49.2 Å². The largest absolute Gasteiger partial charge is 0.478 e. The highest BCUT2D eigenvalue weighted by Gasteiger charge is 2.07. The summed E-state index contributed by atoms with van der Waals surface area (Å²) in [7, 11) is 0. The molecule has 0 spiro atoms. The summed E-state index contributed by atoms with van der Waals surface area (Å²) in [5, 5.41) is 12.1. The van der Waals surface area contributed by atoms with E-state index >= 15 is 0 Å². The van der Waals surface area contributed by atoms with Gasteiger partial charge in [0.25, 0.3) is 0 Å². The minimum absolute atomic E-state index is 0.317. The van der Waals surface area contributed by atoms with Crippen molar-refractivity contribution < 1.29 is 9.90 Å². The lowest BCUT2D eigenvalue weighted by atomic mass is 10.1. The molecule has 0 radical (unpaired) electrons. The molecule has 4 nitrogen and oxygen atoms in total. The van der Waals surface area contributed by atoms with Gasteiger partial charge in [0.05, 0.1) is 5.56 Å². The van der Waals surface area contributed by atoms with E-state index in [0.29, 0.717) is 5.56 Å². The van der Waals surface area contributed by atoms with Crippen molar-refractivity contribution in [2.75, 3.05) is 5.32 Å². The number of rotatable bonds is 3. The Morgan fingerprint density at radius 3 is 2.56 bits per heavy atom. The fourth-order valence-electron chi connectivity index (χ4n) is 1.67. The van der Waals surface area contributed by atoms with Crippen molar-refractivity contribution in [2.24, 2.45) is 0 Å². The monoisotopic (exact) mass is 242 g/mol. The van der Waals surface area contributed by atoms with Crippen molar-refractivity contribution in [3.63, 3.8) is 0 Å². The topological polar surface area (TPSA) is 62.2 Å². The quantitative estimate of drug-likeness (QED) is 0.868. The summed E-state index contributed by atoms with van der Waals surface area (Å²) in [5.74, 6) is -0.171. The maximum Gasteiger partial charge on any atom is 0.335 e. The lowest BCUT2D eigenvalue weighted by Gasteiger charge is -2.08. The van der Waals surface area contributed by atoms with Crippen LogP contribution in [-0.4, -0.2) is 16.1 Å². The standard InChI is InChI=1S/C14H14N2O2/c1-9-3-6-13(15-8-9)16-11-4-5-12(14(17)18)10(2)7-11/h3-8H,1-2H3,(H,15,16)(H,17,18). The number of carboxylic acid groups (broad SMARTS) is 1. The van der Waals surface area contributed by atoms with Gasteiger partial charge in [-0.3, -0.25) is 0 Å². The fourth-order valence-corrected chi connectivity index (χ4v) is 1.67. The Bertz CT molecular complexity index is 577. The Balaban J connectivity index is 2.22. The van der Waals surface area contributed by atoms with E-state index in [2.05, 4.69) is 10.3 Å². The second kappa shape index (κ2) is 4.87. The SMILES string of the molecule is Cc1ccc(Nc2ccc(C(=O)O)c(C)c2)nc1. The number of aromatic nitrogens is 1. The zero-order valence-corrected chi connectivity index (χ0v) is 10.3. The van der Waals surface area contributed by atoms with Crippen molar-refractivity contribution in [3.8, 4) is 0 Å².